The van der Waals surface area contributed by atoms with Crippen molar-refractivity contribution in [2.24, 2.45) is 0 Å². The summed E-state index contributed by atoms with van der Waals surface area (Å²) < 4.78 is 9.95. The van der Waals surface area contributed by atoms with Crippen LogP contribution in [0.3, 0.4) is 0 Å². The zero-order valence-corrected chi connectivity index (χ0v) is 9.16. The van der Waals surface area contributed by atoms with Gasteiger partial charge in [-0.15, -0.1) is 0 Å². The number of methoxy groups -OCH3 is 1. The van der Waals surface area contributed by atoms with Gasteiger partial charge in [0.1, 0.15) is 5.75 Å². The number of hydrogen-bond donors (Lipinski definition) is 1. The van der Waals surface area contributed by atoms with Crippen LogP contribution in [0.4, 0.5) is 5.69 Å². The highest BCUT2D eigenvalue weighted by atomic mass is 16.5. The van der Waals surface area contributed by atoms with Gasteiger partial charge in [-0.3, -0.25) is 0 Å². The zero-order valence-electron chi connectivity index (χ0n) is 9.16. The molecule has 2 N–H and O–H groups in total. The third-order valence-electron chi connectivity index (χ3n) is 2.11. The molecule has 0 heterocycles. The summed E-state index contributed by atoms with van der Waals surface area (Å²) in [5.74, 6) is 0.0788. The first-order valence-electron chi connectivity index (χ1n) is 4.72. The van der Waals surface area contributed by atoms with Gasteiger partial charge in [0.05, 0.1) is 25.0 Å². The van der Waals surface area contributed by atoms with E-state index in [1.807, 2.05) is 6.92 Å². The van der Waals surface area contributed by atoms with Crippen molar-refractivity contribution in [2.75, 3.05) is 19.5 Å². The van der Waals surface area contributed by atoms with E-state index in [2.05, 4.69) is 0 Å². The van der Waals surface area contributed by atoms with Gasteiger partial charge in [0.15, 0.2) is 0 Å². The van der Waals surface area contributed by atoms with Crippen LogP contribution in [0.5, 0.6) is 5.75 Å². The number of nitrogen functional groups attached to an aromatic ring is 1. The quantitative estimate of drug-likeness (QED) is 0.608. The van der Waals surface area contributed by atoms with Gasteiger partial charge in [0.2, 0.25) is 0 Å². The largest absolute Gasteiger partial charge is 0.495 e. The minimum atomic E-state index is -0.411. The number of rotatable bonds is 3. The number of carbonyl (C=O) groups excluding carboxylic acids is 1. The van der Waals surface area contributed by atoms with Gasteiger partial charge in [0.25, 0.3) is 0 Å². The second kappa shape index (κ2) is 4.68. The fraction of sp³-hybridized carbons (Fsp3) is 0.364. The van der Waals surface area contributed by atoms with Crippen LogP contribution in [-0.4, -0.2) is 19.7 Å². The van der Waals surface area contributed by atoms with Crippen LogP contribution >= 0.6 is 0 Å². The molecule has 1 aromatic carbocycles. The van der Waals surface area contributed by atoms with Crippen LogP contribution in [0.2, 0.25) is 0 Å². The molecule has 0 fully saturated rings. The van der Waals surface area contributed by atoms with E-state index in [0.717, 1.165) is 5.56 Å². The highest BCUT2D eigenvalue weighted by molar-refractivity contribution is 5.98. The molecule has 0 aliphatic carbocycles. The summed E-state index contributed by atoms with van der Waals surface area (Å²) in [4.78, 5) is 11.6. The first kappa shape index (κ1) is 11.4. The summed E-state index contributed by atoms with van der Waals surface area (Å²) in [5.41, 5.74) is 7.30. The van der Waals surface area contributed by atoms with Crippen LogP contribution < -0.4 is 10.5 Å². The minimum absolute atomic E-state index is 0.328. The molecule has 0 aromatic heterocycles. The van der Waals surface area contributed by atoms with Gasteiger partial charge < -0.3 is 15.2 Å². The van der Waals surface area contributed by atoms with Gasteiger partial charge in [-0.05, 0) is 25.5 Å². The molecule has 4 heteroatoms. The number of ether oxygens (including phenoxy) is 2. The Morgan fingerprint density at radius 3 is 2.67 bits per heavy atom. The highest BCUT2D eigenvalue weighted by Gasteiger charge is 2.16. The lowest BCUT2D eigenvalue weighted by molar-refractivity contribution is 0.0526. The maximum absolute atomic E-state index is 11.6. The maximum atomic E-state index is 11.6. The van der Waals surface area contributed by atoms with Gasteiger partial charge in [-0.25, -0.2) is 4.79 Å². The predicted molar refractivity (Wildman–Crippen MR) is 58.1 cm³/mol. The molecule has 82 valence electrons. The Balaban J connectivity index is 3.20. The number of hydrogen-bond acceptors (Lipinski definition) is 4. The van der Waals surface area contributed by atoms with Crippen LogP contribution in [0.15, 0.2) is 12.1 Å². The van der Waals surface area contributed by atoms with Crippen LogP contribution in [0, 0.1) is 6.92 Å². The third kappa shape index (κ3) is 2.21. The fourth-order valence-corrected chi connectivity index (χ4v) is 1.36. The lowest BCUT2D eigenvalue weighted by Gasteiger charge is -2.11. The fourth-order valence-electron chi connectivity index (χ4n) is 1.36. The molecular formula is C11H15NO3. The second-order valence-corrected chi connectivity index (χ2v) is 3.09. The second-order valence-electron chi connectivity index (χ2n) is 3.09. The van der Waals surface area contributed by atoms with Crippen LogP contribution in [-0.2, 0) is 4.74 Å². The molecule has 0 atom stereocenters. The van der Waals surface area contributed by atoms with Crippen molar-refractivity contribution in [3.63, 3.8) is 0 Å². The van der Waals surface area contributed by atoms with E-state index in [1.165, 1.54) is 7.11 Å². The standard InChI is InChI=1S/C11H15NO3/c1-4-15-11(13)9-7(2)5-6-8(14-3)10(9)12/h5-6H,4,12H2,1-3H3. The van der Waals surface area contributed by atoms with Crippen LogP contribution in [0.25, 0.3) is 0 Å². The van der Waals surface area contributed by atoms with E-state index in [1.54, 1.807) is 19.1 Å². The molecule has 0 saturated heterocycles. The van der Waals surface area contributed by atoms with E-state index in [0.29, 0.717) is 23.6 Å². The van der Waals surface area contributed by atoms with E-state index < -0.39 is 5.97 Å². The summed E-state index contributed by atoms with van der Waals surface area (Å²) in [6.45, 7) is 3.89. The number of anilines is 1. The van der Waals surface area contributed by atoms with Crippen molar-refractivity contribution in [1.82, 2.24) is 0 Å². The van der Waals surface area contributed by atoms with Gasteiger partial charge in [0, 0.05) is 0 Å². The normalized spacial score (nSPS) is 9.80. The maximum Gasteiger partial charge on any atom is 0.340 e. The smallest absolute Gasteiger partial charge is 0.340 e. The SMILES string of the molecule is CCOC(=O)c1c(C)ccc(OC)c1N. The average molecular weight is 209 g/mol. The summed E-state index contributed by atoms with van der Waals surface area (Å²) in [6.07, 6.45) is 0. The van der Waals surface area contributed by atoms with Crippen molar-refractivity contribution >= 4 is 11.7 Å². The Hall–Kier alpha value is -1.71. The van der Waals surface area contributed by atoms with Gasteiger partial charge in [-0.1, -0.05) is 6.07 Å². The lowest BCUT2D eigenvalue weighted by atomic mass is 10.1. The van der Waals surface area contributed by atoms with Crippen molar-refractivity contribution in [3.8, 4) is 5.75 Å². The Kier molecular flexibility index (Phi) is 3.55. The first-order chi connectivity index (χ1) is 7.11. The number of carbonyl (C=O) groups is 1. The molecule has 15 heavy (non-hydrogen) atoms. The Labute approximate surface area is 89.0 Å². The molecule has 0 aliphatic heterocycles. The molecule has 0 aliphatic rings. The molecule has 0 bridgehead atoms. The molecule has 0 saturated carbocycles. The van der Waals surface area contributed by atoms with Crippen molar-refractivity contribution < 1.29 is 14.3 Å². The molecule has 1 aromatic rings. The van der Waals surface area contributed by atoms with Crippen LogP contribution in [0.1, 0.15) is 22.8 Å². The summed E-state index contributed by atoms with van der Waals surface area (Å²) in [6, 6.07) is 3.51. The van der Waals surface area contributed by atoms with Crippen molar-refractivity contribution in [3.05, 3.63) is 23.3 Å². The lowest BCUT2D eigenvalue weighted by Crippen LogP contribution is -2.11. The molecular weight excluding hydrogens is 194 g/mol. The van der Waals surface area contributed by atoms with Crippen molar-refractivity contribution in [1.29, 1.82) is 0 Å². The van der Waals surface area contributed by atoms with E-state index in [-0.39, 0.29) is 0 Å². The summed E-state index contributed by atoms with van der Waals surface area (Å²) >= 11 is 0. The zero-order chi connectivity index (χ0) is 11.4. The molecule has 0 unspecified atom stereocenters. The Morgan fingerprint density at radius 1 is 1.47 bits per heavy atom. The minimum Gasteiger partial charge on any atom is -0.495 e. The third-order valence-corrected chi connectivity index (χ3v) is 2.11. The van der Waals surface area contributed by atoms with Crippen molar-refractivity contribution in [2.45, 2.75) is 13.8 Å². The molecule has 1 rings (SSSR count). The van der Waals surface area contributed by atoms with E-state index in [4.69, 9.17) is 15.2 Å². The van der Waals surface area contributed by atoms with E-state index in [9.17, 15) is 4.79 Å². The summed E-state index contributed by atoms with van der Waals surface area (Å²) in [5, 5.41) is 0. The summed E-state index contributed by atoms with van der Waals surface area (Å²) in [7, 11) is 1.51. The monoisotopic (exact) mass is 209 g/mol. The number of benzene rings is 1. The number of aryl methyl sites for hydroxylation is 1. The molecule has 4 nitrogen and oxygen atoms in total. The molecule has 0 spiro atoms. The molecule has 0 amide bonds. The number of esters is 1. The number of nitrogens with two attached hydrogens (primary N) is 1. The average Bonchev–Trinajstić information content (AvgIpc) is 2.18. The predicted octanol–water partition coefficient (Wildman–Crippen LogP) is 1.76. The van der Waals surface area contributed by atoms with E-state index >= 15 is 0 Å². The first-order valence-corrected chi connectivity index (χ1v) is 4.72. The Bertz CT molecular complexity index is 374. The molecule has 0 radical (unpaired) electrons. The van der Waals surface area contributed by atoms with Gasteiger partial charge in [-0.2, -0.15) is 0 Å². The topological polar surface area (TPSA) is 61.5 Å². The Morgan fingerprint density at radius 2 is 2.13 bits per heavy atom. The highest BCUT2D eigenvalue weighted by Crippen LogP contribution is 2.28. The van der Waals surface area contributed by atoms with Gasteiger partial charge >= 0.3 is 5.97 Å².